The van der Waals surface area contributed by atoms with Gasteiger partial charge >= 0.3 is 0 Å². The standard InChI is InChI=1S/C7H13N3O/c1-5(2)3-6(9-10-8)7-4-11-7/h5-7H,3-4H2,1-2H3/t6-,7+/m1/s1. The molecular formula is C7H13N3O. The maximum atomic E-state index is 8.23. The third-order valence-corrected chi connectivity index (χ3v) is 1.70. The highest BCUT2D eigenvalue weighted by Gasteiger charge is 2.32. The second-order valence-electron chi connectivity index (χ2n) is 3.27. The molecule has 0 N–H and O–H groups in total. The number of nitrogens with zero attached hydrogens (tertiary/aromatic N) is 3. The lowest BCUT2D eigenvalue weighted by molar-refractivity contribution is 0.346. The van der Waals surface area contributed by atoms with Crippen molar-refractivity contribution in [3.63, 3.8) is 0 Å². The van der Waals surface area contributed by atoms with E-state index in [0.717, 1.165) is 13.0 Å². The molecule has 0 unspecified atom stereocenters. The molecule has 4 heteroatoms. The van der Waals surface area contributed by atoms with Gasteiger partial charge in [-0.05, 0) is 17.9 Å². The SMILES string of the molecule is CC(C)C[C@@H](N=[N+]=[N-])[C@@H]1CO1. The van der Waals surface area contributed by atoms with Crippen LogP contribution >= 0.6 is 0 Å². The molecule has 0 bridgehead atoms. The molecule has 1 fully saturated rings. The minimum Gasteiger partial charge on any atom is -0.373 e. The molecule has 0 aromatic heterocycles. The van der Waals surface area contributed by atoms with Crippen LogP contribution in [0, 0.1) is 5.92 Å². The molecular weight excluding hydrogens is 142 g/mol. The minimum absolute atomic E-state index is 0.0556. The van der Waals surface area contributed by atoms with Crippen LogP contribution in [0.1, 0.15) is 20.3 Å². The van der Waals surface area contributed by atoms with Gasteiger partial charge < -0.3 is 4.74 Å². The highest BCUT2D eigenvalue weighted by molar-refractivity contribution is 4.85. The van der Waals surface area contributed by atoms with Crippen LogP contribution in [0.2, 0.25) is 0 Å². The second-order valence-corrected chi connectivity index (χ2v) is 3.27. The van der Waals surface area contributed by atoms with E-state index in [1.165, 1.54) is 0 Å². The van der Waals surface area contributed by atoms with Gasteiger partial charge in [-0.3, -0.25) is 0 Å². The van der Waals surface area contributed by atoms with Crippen LogP contribution in [0.25, 0.3) is 10.4 Å². The van der Waals surface area contributed by atoms with Crippen LogP contribution < -0.4 is 0 Å². The second kappa shape index (κ2) is 3.60. The summed E-state index contributed by atoms with van der Waals surface area (Å²) in [5.41, 5.74) is 8.23. The van der Waals surface area contributed by atoms with Gasteiger partial charge in [0.1, 0.15) is 0 Å². The maximum absolute atomic E-state index is 8.23. The van der Waals surface area contributed by atoms with Gasteiger partial charge in [0.2, 0.25) is 0 Å². The zero-order valence-corrected chi connectivity index (χ0v) is 6.90. The summed E-state index contributed by atoms with van der Waals surface area (Å²) < 4.78 is 5.06. The van der Waals surface area contributed by atoms with Crippen LogP contribution in [-0.2, 0) is 4.74 Å². The third kappa shape index (κ3) is 2.78. The van der Waals surface area contributed by atoms with E-state index in [1.807, 2.05) is 0 Å². The van der Waals surface area contributed by atoms with E-state index in [1.54, 1.807) is 0 Å². The predicted octanol–water partition coefficient (Wildman–Crippen LogP) is 2.11. The van der Waals surface area contributed by atoms with Crippen LogP contribution in [-0.4, -0.2) is 18.8 Å². The van der Waals surface area contributed by atoms with Gasteiger partial charge in [-0.2, -0.15) is 0 Å². The van der Waals surface area contributed by atoms with Crippen molar-refractivity contribution in [2.75, 3.05) is 6.61 Å². The molecule has 0 aliphatic carbocycles. The van der Waals surface area contributed by atoms with E-state index in [0.29, 0.717) is 5.92 Å². The molecule has 2 atom stereocenters. The molecule has 1 heterocycles. The van der Waals surface area contributed by atoms with Crippen molar-refractivity contribution < 1.29 is 4.74 Å². The average molecular weight is 155 g/mol. The van der Waals surface area contributed by atoms with Crippen LogP contribution in [0.3, 0.4) is 0 Å². The van der Waals surface area contributed by atoms with Crippen molar-refractivity contribution in [3.8, 4) is 0 Å². The molecule has 0 saturated carbocycles. The minimum atomic E-state index is 0.0556. The van der Waals surface area contributed by atoms with Crippen molar-refractivity contribution in [2.45, 2.75) is 32.4 Å². The molecule has 0 amide bonds. The van der Waals surface area contributed by atoms with E-state index in [-0.39, 0.29) is 12.1 Å². The highest BCUT2D eigenvalue weighted by Crippen LogP contribution is 2.22. The Morgan fingerprint density at radius 2 is 2.36 bits per heavy atom. The fourth-order valence-corrected chi connectivity index (χ4v) is 1.10. The molecule has 4 nitrogen and oxygen atoms in total. The smallest absolute Gasteiger partial charge is 0.0894 e. The first-order valence-corrected chi connectivity index (χ1v) is 3.90. The summed E-state index contributed by atoms with van der Waals surface area (Å²) in [4.78, 5) is 2.80. The highest BCUT2D eigenvalue weighted by atomic mass is 16.6. The Labute approximate surface area is 66.2 Å². The first kappa shape index (κ1) is 8.37. The molecule has 1 aliphatic rings. The summed E-state index contributed by atoms with van der Waals surface area (Å²) >= 11 is 0. The van der Waals surface area contributed by atoms with E-state index in [4.69, 9.17) is 10.3 Å². The van der Waals surface area contributed by atoms with Crippen LogP contribution in [0.15, 0.2) is 5.11 Å². The van der Waals surface area contributed by atoms with Crippen molar-refractivity contribution in [3.05, 3.63) is 10.4 Å². The number of hydrogen-bond acceptors (Lipinski definition) is 2. The molecule has 11 heavy (non-hydrogen) atoms. The maximum Gasteiger partial charge on any atom is 0.0894 e. The summed E-state index contributed by atoms with van der Waals surface area (Å²) in [6.07, 6.45) is 1.13. The van der Waals surface area contributed by atoms with Crippen molar-refractivity contribution in [1.82, 2.24) is 0 Å². The van der Waals surface area contributed by atoms with Gasteiger partial charge in [-0.15, -0.1) is 0 Å². The normalized spacial score (nSPS) is 24.5. The van der Waals surface area contributed by atoms with E-state index in [2.05, 4.69) is 23.9 Å². The van der Waals surface area contributed by atoms with Gasteiger partial charge in [0.25, 0.3) is 0 Å². The molecule has 0 aromatic carbocycles. The Balaban J connectivity index is 2.38. The topological polar surface area (TPSA) is 61.3 Å². The van der Waals surface area contributed by atoms with Crippen LogP contribution in [0.4, 0.5) is 0 Å². The largest absolute Gasteiger partial charge is 0.373 e. The number of azide groups is 1. The lowest BCUT2D eigenvalue weighted by Crippen LogP contribution is -2.14. The fourth-order valence-electron chi connectivity index (χ4n) is 1.10. The van der Waals surface area contributed by atoms with Gasteiger partial charge in [0, 0.05) is 4.91 Å². The quantitative estimate of drug-likeness (QED) is 0.265. The van der Waals surface area contributed by atoms with E-state index >= 15 is 0 Å². The summed E-state index contributed by atoms with van der Waals surface area (Å²) in [5.74, 6) is 0.565. The van der Waals surface area contributed by atoms with Crippen molar-refractivity contribution >= 4 is 0 Å². The van der Waals surface area contributed by atoms with Gasteiger partial charge in [0.05, 0.1) is 18.8 Å². The van der Waals surface area contributed by atoms with Gasteiger partial charge in [-0.25, -0.2) is 0 Å². The summed E-state index contributed by atoms with van der Waals surface area (Å²) in [6, 6.07) is 0.0556. The predicted molar refractivity (Wildman–Crippen MR) is 42.1 cm³/mol. The monoisotopic (exact) mass is 155 g/mol. The Morgan fingerprint density at radius 3 is 2.73 bits per heavy atom. The number of ether oxygens (including phenoxy) is 1. The van der Waals surface area contributed by atoms with E-state index in [9.17, 15) is 0 Å². The number of rotatable bonds is 4. The zero-order chi connectivity index (χ0) is 8.27. The third-order valence-electron chi connectivity index (χ3n) is 1.70. The molecule has 1 aliphatic heterocycles. The van der Waals surface area contributed by atoms with Gasteiger partial charge in [0.15, 0.2) is 0 Å². The molecule has 0 aromatic rings. The number of hydrogen-bond donors (Lipinski definition) is 0. The molecule has 1 saturated heterocycles. The first-order valence-electron chi connectivity index (χ1n) is 3.90. The molecule has 0 radical (unpaired) electrons. The first-order chi connectivity index (χ1) is 5.24. The molecule has 62 valence electrons. The van der Waals surface area contributed by atoms with E-state index < -0.39 is 0 Å². The van der Waals surface area contributed by atoms with Crippen molar-refractivity contribution in [2.24, 2.45) is 11.0 Å². The Hall–Kier alpha value is -0.730. The van der Waals surface area contributed by atoms with Gasteiger partial charge in [-0.1, -0.05) is 19.0 Å². The summed E-state index contributed by atoms with van der Waals surface area (Å²) in [6.45, 7) is 4.99. The summed E-state index contributed by atoms with van der Waals surface area (Å²) in [5, 5.41) is 3.68. The lowest BCUT2D eigenvalue weighted by Gasteiger charge is -2.09. The average Bonchev–Trinajstić information content (AvgIpc) is 2.66. The Morgan fingerprint density at radius 1 is 1.73 bits per heavy atom. The fraction of sp³-hybridized carbons (Fsp3) is 1.00. The molecule has 0 spiro atoms. The number of epoxide rings is 1. The lowest BCUT2D eigenvalue weighted by atomic mass is 10.0. The Bertz CT molecular complexity index is 171. The zero-order valence-electron chi connectivity index (χ0n) is 6.90. The molecule has 1 rings (SSSR count). The Kier molecular flexibility index (Phi) is 2.74. The van der Waals surface area contributed by atoms with Crippen molar-refractivity contribution in [1.29, 1.82) is 0 Å². The van der Waals surface area contributed by atoms with Crippen LogP contribution in [0.5, 0.6) is 0 Å². The summed E-state index contributed by atoms with van der Waals surface area (Å²) in [7, 11) is 0.